The summed E-state index contributed by atoms with van der Waals surface area (Å²) in [6.45, 7) is 1.07. The predicted molar refractivity (Wildman–Crippen MR) is 67.2 cm³/mol. The molecule has 1 fully saturated rings. The second-order valence-corrected chi connectivity index (χ2v) is 3.77. The minimum Gasteiger partial charge on any atom is -0.733 e. The fourth-order valence-electron chi connectivity index (χ4n) is 1.54. The zero-order valence-electron chi connectivity index (χ0n) is 10.3. The SMILES string of the molecule is CNNc1ccc(N([O-])OC)c(OC2COC2)c1. The number of hydrogen-bond acceptors (Lipinski definition) is 7. The van der Waals surface area contributed by atoms with E-state index in [2.05, 4.69) is 15.7 Å². The minimum absolute atomic E-state index is 0.0150. The molecule has 1 aromatic carbocycles. The highest BCUT2D eigenvalue weighted by molar-refractivity contribution is 5.64. The summed E-state index contributed by atoms with van der Waals surface area (Å²) in [7, 11) is 3.06. The molecule has 2 rings (SSSR count). The Morgan fingerprint density at radius 2 is 2.22 bits per heavy atom. The van der Waals surface area contributed by atoms with E-state index in [1.165, 1.54) is 7.11 Å². The van der Waals surface area contributed by atoms with Crippen LogP contribution in [0.5, 0.6) is 5.75 Å². The second kappa shape index (κ2) is 5.87. The van der Waals surface area contributed by atoms with E-state index in [-0.39, 0.29) is 6.10 Å². The molecule has 1 heterocycles. The first-order chi connectivity index (χ1) is 8.74. The molecule has 2 N–H and O–H groups in total. The number of hydrogen-bond donors (Lipinski definition) is 2. The summed E-state index contributed by atoms with van der Waals surface area (Å²) in [5.41, 5.74) is 6.84. The van der Waals surface area contributed by atoms with Crippen LogP contribution in [0, 0.1) is 5.21 Å². The van der Waals surface area contributed by atoms with Crippen LogP contribution in [0.4, 0.5) is 11.4 Å². The molecule has 1 saturated heterocycles. The summed E-state index contributed by atoms with van der Waals surface area (Å²) in [5.74, 6) is 0.459. The van der Waals surface area contributed by atoms with Gasteiger partial charge in [-0.15, -0.1) is 0 Å². The number of nitrogens with one attached hydrogen (secondary N) is 2. The van der Waals surface area contributed by atoms with E-state index < -0.39 is 0 Å². The molecule has 0 amide bonds. The average molecular weight is 254 g/mol. The van der Waals surface area contributed by atoms with Crippen LogP contribution >= 0.6 is 0 Å². The van der Waals surface area contributed by atoms with Gasteiger partial charge in [-0.3, -0.25) is 4.84 Å². The van der Waals surface area contributed by atoms with Crippen molar-refractivity contribution in [3.63, 3.8) is 0 Å². The van der Waals surface area contributed by atoms with Gasteiger partial charge in [0.1, 0.15) is 11.9 Å². The second-order valence-electron chi connectivity index (χ2n) is 3.77. The van der Waals surface area contributed by atoms with E-state index >= 15 is 0 Å². The molecule has 0 spiro atoms. The van der Waals surface area contributed by atoms with Crippen molar-refractivity contribution >= 4 is 11.4 Å². The highest BCUT2D eigenvalue weighted by Gasteiger charge is 2.22. The highest BCUT2D eigenvalue weighted by atomic mass is 16.9. The Hall–Kier alpha value is -1.54. The van der Waals surface area contributed by atoms with Crippen molar-refractivity contribution in [2.24, 2.45) is 0 Å². The van der Waals surface area contributed by atoms with Gasteiger partial charge in [-0.1, -0.05) is 0 Å². The fraction of sp³-hybridized carbons (Fsp3) is 0.455. The van der Waals surface area contributed by atoms with Gasteiger partial charge in [-0.2, -0.15) is 0 Å². The molecule has 1 aliphatic heterocycles. The molecule has 0 radical (unpaired) electrons. The maximum Gasteiger partial charge on any atom is 0.146 e. The number of ether oxygens (including phenoxy) is 2. The quantitative estimate of drug-likeness (QED) is 0.729. The van der Waals surface area contributed by atoms with Crippen molar-refractivity contribution in [1.29, 1.82) is 0 Å². The number of nitrogens with zero attached hydrogens (tertiary/aromatic N) is 1. The molecule has 0 unspecified atom stereocenters. The van der Waals surface area contributed by atoms with Gasteiger partial charge in [-0.05, 0) is 12.1 Å². The van der Waals surface area contributed by atoms with Gasteiger partial charge in [0, 0.05) is 13.1 Å². The first-order valence-corrected chi connectivity index (χ1v) is 5.57. The molecule has 0 aliphatic carbocycles. The molecule has 0 aromatic heterocycles. The predicted octanol–water partition coefficient (Wildman–Crippen LogP) is 0.876. The first-order valence-electron chi connectivity index (χ1n) is 5.57. The Labute approximate surface area is 105 Å². The molecular formula is C11H16N3O4-. The summed E-state index contributed by atoms with van der Waals surface area (Å²) < 4.78 is 10.7. The number of hydrazine groups is 1. The Morgan fingerprint density at radius 3 is 2.78 bits per heavy atom. The molecule has 7 heteroatoms. The maximum absolute atomic E-state index is 11.5. The summed E-state index contributed by atoms with van der Waals surface area (Å²) in [4.78, 5) is 4.64. The highest BCUT2D eigenvalue weighted by Crippen LogP contribution is 2.32. The standard InChI is InChI=1S/C11H16N3O4/c1-12-13-8-3-4-10(14(15)16-2)11(5-8)18-9-6-17-7-9/h3-5,9,12-13H,6-7H2,1-2H3/q-1. The number of anilines is 2. The van der Waals surface area contributed by atoms with Gasteiger partial charge in [0.2, 0.25) is 0 Å². The van der Waals surface area contributed by atoms with Gasteiger partial charge in [0.05, 0.1) is 31.7 Å². The van der Waals surface area contributed by atoms with Crippen LogP contribution in [0.2, 0.25) is 0 Å². The van der Waals surface area contributed by atoms with Crippen LogP contribution in [-0.4, -0.2) is 33.5 Å². The normalized spacial score (nSPS) is 15.1. The lowest BCUT2D eigenvalue weighted by atomic mass is 10.2. The Morgan fingerprint density at radius 1 is 1.44 bits per heavy atom. The molecule has 100 valence electrons. The van der Waals surface area contributed by atoms with E-state index in [1.54, 1.807) is 25.2 Å². The maximum atomic E-state index is 11.5. The van der Waals surface area contributed by atoms with E-state index in [0.29, 0.717) is 29.9 Å². The van der Waals surface area contributed by atoms with Gasteiger partial charge in [0.15, 0.2) is 0 Å². The lowest BCUT2D eigenvalue weighted by molar-refractivity contribution is -0.0796. The molecular weight excluding hydrogens is 238 g/mol. The topological polar surface area (TPSA) is 78.1 Å². The summed E-state index contributed by atoms with van der Waals surface area (Å²) in [6, 6.07) is 5.11. The third-order valence-corrected chi connectivity index (χ3v) is 2.49. The first kappa shape index (κ1) is 12.9. The smallest absolute Gasteiger partial charge is 0.146 e. The lowest BCUT2D eigenvalue weighted by Crippen LogP contribution is -2.38. The molecule has 1 aromatic rings. The van der Waals surface area contributed by atoms with Crippen molar-refractivity contribution in [2.45, 2.75) is 6.10 Å². The molecule has 0 saturated carbocycles. The van der Waals surface area contributed by atoms with Gasteiger partial charge in [-0.25, -0.2) is 5.43 Å². The van der Waals surface area contributed by atoms with E-state index in [1.807, 2.05) is 0 Å². The van der Waals surface area contributed by atoms with Crippen molar-refractivity contribution < 1.29 is 14.3 Å². The summed E-state index contributed by atoms with van der Waals surface area (Å²) >= 11 is 0. The fourth-order valence-corrected chi connectivity index (χ4v) is 1.54. The zero-order chi connectivity index (χ0) is 13.0. The van der Waals surface area contributed by atoms with Gasteiger partial charge in [0.25, 0.3) is 0 Å². The van der Waals surface area contributed by atoms with Crippen LogP contribution in [0.3, 0.4) is 0 Å². The van der Waals surface area contributed by atoms with Crippen molar-refractivity contribution in [2.75, 3.05) is 38.0 Å². The van der Waals surface area contributed by atoms with Gasteiger partial charge < -0.3 is 25.3 Å². The third-order valence-electron chi connectivity index (χ3n) is 2.49. The Bertz CT molecular complexity index is 398. The average Bonchev–Trinajstić information content (AvgIpc) is 2.33. The van der Waals surface area contributed by atoms with E-state index in [9.17, 15) is 5.21 Å². The monoisotopic (exact) mass is 254 g/mol. The number of rotatable bonds is 6. The molecule has 0 atom stereocenters. The zero-order valence-corrected chi connectivity index (χ0v) is 10.3. The van der Waals surface area contributed by atoms with Crippen LogP contribution in [-0.2, 0) is 9.57 Å². The summed E-state index contributed by atoms with van der Waals surface area (Å²) in [6.07, 6.45) is -0.0150. The van der Waals surface area contributed by atoms with E-state index in [4.69, 9.17) is 9.47 Å². The van der Waals surface area contributed by atoms with Crippen LogP contribution < -0.4 is 20.8 Å². The van der Waals surface area contributed by atoms with Crippen LogP contribution in [0.15, 0.2) is 18.2 Å². The Balaban J connectivity index is 2.20. The van der Waals surface area contributed by atoms with Crippen LogP contribution in [0.25, 0.3) is 0 Å². The van der Waals surface area contributed by atoms with E-state index in [0.717, 1.165) is 5.69 Å². The molecule has 1 aliphatic rings. The molecule has 7 nitrogen and oxygen atoms in total. The third kappa shape index (κ3) is 2.82. The van der Waals surface area contributed by atoms with Crippen molar-refractivity contribution in [3.05, 3.63) is 23.4 Å². The van der Waals surface area contributed by atoms with Crippen LogP contribution in [0.1, 0.15) is 0 Å². The molecule has 18 heavy (non-hydrogen) atoms. The molecule has 0 bridgehead atoms. The minimum atomic E-state index is -0.0150. The van der Waals surface area contributed by atoms with Crippen molar-refractivity contribution in [1.82, 2.24) is 5.43 Å². The Kier molecular flexibility index (Phi) is 4.21. The number of benzene rings is 1. The van der Waals surface area contributed by atoms with Crippen molar-refractivity contribution in [3.8, 4) is 5.75 Å². The lowest BCUT2D eigenvalue weighted by Gasteiger charge is -2.32. The largest absolute Gasteiger partial charge is 0.733 e. The van der Waals surface area contributed by atoms with Gasteiger partial charge >= 0.3 is 0 Å². The summed E-state index contributed by atoms with van der Waals surface area (Å²) in [5, 5.41) is 12.0.